The van der Waals surface area contributed by atoms with Crippen molar-refractivity contribution in [1.82, 2.24) is 0 Å². The van der Waals surface area contributed by atoms with Gasteiger partial charge in [0.2, 0.25) is 5.91 Å². The summed E-state index contributed by atoms with van der Waals surface area (Å²) < 4.78 is 4.43. The minimum Gasteiger partial charge on any atom is -0.469 e. The van der Waals surface area contributed by atoms with E-state index in [9.17, 15) is 14.4 Å². The molecule has 7 heteroatoms. The highest BCUT2D eigenvalue weighted by molar-refractivity contribution is 7.16. The molecule has 1 aromatic heterocycles. The van der Waals surface area contributed by atoms with Crippen LogP contribution in [0.1, 0.15) is 28.1 Å². The van der Waals surface area contributed by atoms with Crippen molar-refractivity contribution in [1.29, 1.82) is 0 Å². The SMILES string of the molecule is COC(=O)CCC(=O)Nc1sc(C)cc1C(N)=O. The fourth-order valence-electron chi connectivity index (χ4n) is 1.30. The zero-order valence-corrected chi connectivity index (χ0v) is 10.9. The molecule has 0 aliphatic carbocycles. The van der Waals surface area contributed by atoms with Crippen molar-refractivity contribution >= 4 is 34.1 Å². The molecule has 0 fully saturated rings. The number of anilines is 1. The number of aryl methyl sites for hydroxylation is 1. The molecule has 0 unspecified atom stereocenters. The Morgan fingerprint density at radius 3 is 2.61 bits per heavy atom. The summed E-state index contributed by atoms with van der Waals surface area (Å²) in [7, 11) is 1.26. The second-order valence-electron chi connectivity index (χ2n) is 3.59. The van der Waals surface area contributed by atoms with E-state index in [0.29, 0.717) is 5.00 Å². The van der Waals surface area contributed by atoms with E-state index in [2.05, 4.69) is 10.1 Å². The van der Waals surface area contributed by atoms with E-state index in [-0.39, 0.29) is 24.3 Å². The van der Waals surface area contributed by atoms with Crippen LogP contribution in [0, 0.1) is 6.92 Å². The molecule has 0 aliphatic heterocycles. The van der Waals surface area contributed by atoms with Gasteiger partial charge in [-0.05, 0) is 13.0 Å². The van der Waals surface area contributed by atoms with Gasteiger partial charge in [0.1, 0.15) is 5.00 Å². The van der Waals surface area contributed by atoms with E-state index >= 15 is 0 Å². The first-order valence-corrected chi connectivity index (χ1v) is 6.02. The molecule has 3 N–H and O–H groups in total. The fourth-order valence-corrected chi connectivity index (χ4v) is 2.23. The normalized spacial score (nSPS) is 9.89. The van der Waals surface area contributed by atoms with Gasteiger partial charge in [0, 0.05) is 11.3 Å². The van der Waals surface area contributed by atoms with Crippen molar-refractivity contribution in [3.63, 3.8) is 0 Å². The highest BCUT2D eigenvalue weighted by atomic mass is 32.1. The number of ether oxygens (including phenoxy) is 1. The van der Waals surface area contributed by atoms with Gasteiger partial charge < -0.3 is 15.8 Å². The summed E-state index contributed by atoms with van der Waals surface area (Å²) >= 11 is 1.26. The van der Waals surface area contributed by atoms with Crippen LogP contribution in [0.5, 0.6) is 0 Å². The summed E-state index contributed by atoms with van der Waals surface area (Å²) in [6, 6.07) is 1.61. The zero-order valence-electron chi connectivity index (χ0n) is 10.1. The maximum Gasteiger partial charge on any atom is 0.306 e. The lowest BCUT2D eigenvalue weighted by Crippen LogP contribution is -2.17. The number of rotatable bonds is 5. The summed E-state index contributed by atoms with van der Waals surface area (Å²) in [5, 5.41) is 2.98. The molecule has 1 aromatic rings. The fraction of sp³-hybridized carbons (Fsp3) is 0.364. The van der Waals surface area contributed by atoms with Gasteiger partial charge >= 0.3 is 5.97 Å². The van der Waals surface area contributed by atoms with E-state index in [0.717, 1.165) is 4.88 Å². The lowest BCUT2D eigenvalue weighted by atomic mass is 10.2. The Kier molecular flexibility index (Phi) is 4.85. The van der Waals surface area contributed by atoms with Crippen LogP contribution in [0.2, 0.25) is 0 Å². The lowest BCUT2D eigenvalue weighted by molar-refractivity contribution is -0.141. The van der Waals surface area contributed by atoms with Crippen molar-refractivity contribution in [2.24, 2.45) is 5.73 Å². The smallest absolute Gasteiger partial charge is 0.306 e. The van der Waals surface area contributed by atoms with Crippen LogP contribution in [0.25, 0.3) is 0 Å². The summed E-state index contributed by atoms with van der Waals surface area (Å²) in [6.07, 6.45) is 0.000415. The molecule has 18 heavy (non-hydrogen) atoms. The topological polar surface area (TPSA) is 98.5 Å². The molecular formula is C11H14N2O4S. The van der Waals surface area contributed by atoms with Gasteiger partial charge in [-0.2, -0.15) is 0 Å². The molecule has 0 spiro atoms. The first-order chi connectivity index (χ1) is 8.43. The number of nitrogens with two attached hydrogens (primary N) is 1. The molecule has 6 nitrogen and oxygen atoms in total. The highest BCUT2D eigenvalue weighted by Crippen LogP contribution is 2.27. The van der Waals surface area contributed by atoms with Crippen LogP contribution in [0.4, 0.5) is 5.00 Å². The first-order valence-electron chi connectivity index (χ1n) is 5.21. The summed E-state index contributed by atoms with van der Waals surface area (Å²) in [6.45, 7) is 1.81. The Labute approximate surface area is 108 Å². The summed E-state index contributed by atoms with van der Waals surface area (Å²) in [5.41, 5.74) is 5.47. The van der Waals surface area contributed by atoms with E-state index in [1.807, 2.05) is 0 Å². The van der Waals surface area contributed by atoms with Crippen molar-refractivity contribution in [2.75, 3.05) is 12.4 Å². The monoisotopic (exact) mass is 270 g/mol. The number of thiophene rings is 1. The van der Waals surface area contributed by atoms with E-state index in [1.54, 1.807) is 13.0 Å². The van der Waals surface area contributed by atoms with E-state index in [4.69, 9.17) is 5.73 Å². The predicted molar refractivity (Wildman–Crippen MR) is 67.5 cm³/mol. The van der Waals surface area contributed by atoms with Gasteiger partial charge in [-0.15, -0.1) is 11.3 Å². The van der Waals surface area contributed by atoms with Crippen LogP contribution in [-0.2, 0) is 14.3 Å². The van der Waals surface area contributed by atoms with Crippen molar-refractivity contribution in [3.05, 3.63) is 16.5 Å². The molecule has 1 rings (SSSR count). The minimum atomic E-state index is -0.595. The first kappa shape index (κ1) is 14.2. The quantitative estimate of drug-likeness (QED) is 0.781. The lowest BCUT2D eigenvalue weighted by Gasteiger charge is -2.03. The molecule has 0 radical (unpaired) electrons. The van der Waals surface area contributed by atoms with Crippen LogP contribution in [0.3, 0.4) is 0 Å². The van der Waals surface area contributed by atoms with Gasteiger partial charge in [-0.3, -0.25) is 14.4 Å². The second kappa shape index (κ2) is 6.15. The minimum absolute atomic E-state index is 0.00139. The highest BCUT2D eigenvalue weighted by Gasteiger charge is 2.15. The standard InChI is InChI=1S/C11H14N2O4S/c1-6-5-7(10(12)16)11(18-6)13-8(14)3-4-9(15)17-2/h5H,3-4H2,1-2H3,(H2,12,16)(H,13,14). The van der Waals surface area contributed by atoms with Crippen LogP contribution >= 0.6 is 11.3 Å². The molecule has 0 aromatic carbocycles. The molecule has 0 bridgehead atoms. The second-order valence-corrected chi connectivity index (χ2v) is 4.84. The Bertz CT molecular complexity index is 481. The van der Waals surface area contributed by atoms with Gasteiger partial charge in [0.15, 0.2) is 0 Å². The van der Waals surface area contributed by atoms with Gasteiger partial charge in [-0.25, -0.2) is 0 Å². The van der Waals surface area contributed by atoms with Gasteiger partial charge in [-0.1, -0.05) is 0 Å². The Hall–Kier alpha value is -1.89. The molecule has 2 amide bonds. The summed E-state index contributed by atoms with van der Waals surface area (Å²) in [5.74, 6) is -1.41. The number of amides is 2. The third-order valence-electron chi connectivity index (χ3n) is 2.16. The zero-order chi connectivity index (χ0) is 13.7. The maximum atomic E-state index is 11.6. The van der Waals surface area contributed by atoms with Crippen LogP contribution in [0.15, 0.2) is 6.07 Å². The third-order valence-corrected chi connectivity index (χ3v) is 3.12. The number of primary amides is 1. The van der Waals surface area contributed by atoms with Crippen LogP contribution in [-0.4, -0.2) is 24.9 Å². The van der Waals surface area contributed by atoms with Crippen molar-refractivity contribution in [3.8, 4) is 0 Å². The molecule has 0 saturated heterocycles. The molecule has 1 heterocycles. The average Bonchev–Trinajstić information content (AvgIpc) is 2.67. The number of carbonyl (C=O) groups excluding carboxylic acids is 3. The number of nitrogens with one attached hydrogen (secondary N) is 1. The number of esters is 1. The Morgan fingerprint density at radius 1 is 1.39 bits per heavy atom. The maximum absolute atomic E-state index is 11.6. The number of hydrogen-bond acceptors (Lipinski definition) is 5. The third kappa shape index (κ3) is 3.85. The largest absolute Gasteiger partial charge is 0.469 e. The van der Waals surface area contributed by atoms with Gasteiger partial charge in [0.25, 0.3) is 5.91 Å². The molecular weight excluding hydrogens is 256 g/mol. The van der Waals surface area contributed by atoms with Crippen LogP contribution < -0.4 is 11.1 Å². The molecule has 0 atom stereocenters. The number of methoxy groups -OCH3 is 1. The summed E-state index contributed by atoms with van der Waals surface area (Å²) in [4.78, 5) is 34.4. The Morgan fingerprint density at radius 2 is 2.06 bits per heavy atom. The predicted octanol–water partition coefficient (Wildman–Crippen LogP) is 1.05. The average molecular weight is 270 g/mol. The molecule has 0 aliphatic rings. The van der Waals surface area contributed by atoms with Crippen molar-refractivity contribution < 1.29 is 19.1 Å². The number of carbonyl (C=O) groups is 3. The Balaban J connectivity index is 2.64. The van der Waals surface area contributed by atoms with E-state index in [1.165, 1.54) is 18.4 Å². The van der Waals surface area contributed by atoms with Crippen molar-refractivity contribution in [2.45, 2.75) is 19.8 Å². The number of hydrogen-bond donors (Lipinski definition) is 2. The molecule has 98 valence electrons. The van der Waals surface area contributed by atoms with E-state index < -0.39 is 11.9 Å². The van der Waals surface area contributed by atoms with Gasteiger partial charge in [0.05, 0.1) is 19.1 Å². The molecule has 0 saturated carbocycles.